The van der Waals surface area contributed by atoms with Crippen LogP contribution in [0, 0.1) is 13.8 Å². The number of aromatic nitrogens is 2. The summed E-state index contributed by atoms with van der Waals surface area (Å²) in [5, 5.41) is 7.48. The molecule has 0 radical (unpaired) electrons. The van der Waals surface area contributed by atoms with Crippen LogP contribution in [0.25, 0.3) is 0 Å². The maximum atomic E-state index is 5.33. The minimum atomic E-state index is 0.295. The Bertz CT molecular complexity index is 836. The fourth-order valence-corrected chi connectivity index (χ4v) is 3.68. The van der Waals surface area contributed by atoms with Gasteiger partial charge < -0.3 is 19.6 Å². The summed E-state index contributed by atoms with van der Waals surface area (Å²) in [6, 6.07) is 6.57. The number of anilines is 1. The van der Waals surface area contributed by atoms with Gasteiger partial charge in [-0.05, 0) is 44.4 Å². The van der Waals surface area contributed by atoms with Crippen molar-refractivity contribution in [3.05, 3.63) is 41.0 Å². The third-order valence-electron chi connectivity index (χ3n) is 5.64. The first-order valence-electron chi connectivity index (χ1n) is 11.2. The predicted molar refractivity (Wildman–Crippen MR) is 122 cm³/mol. The molecule has 1 N–H and O–H groups in total. The normalized spacial score (nSPS) is 15.2. The van der Waals surface area contributed by atoms with Crippen LogP contribution in [0.5, 0.6) is 0 Å². The van der Waals surface area contributed by atoms with Crippen molar-refractivity contribution < 1.29 is 4.52 Å². The number of benzene rings is 1. The maximum Gasteiger partial charge on any atom is 0.226 e. The Balaban J connectivity index is 1.52. The van der Waals surface area contributed by atoms with Crippen LogP contribution >= 0.6 is 0 Å². The molecular weight excluding hydrogens is 376 g/mol. The largest absolute Gasteiger partial charge is 0.368 e. The summed E-state index contributed by atoms with van der Waals surface area (Å²) in [5.74, 6) is 2.79. The van der Waals surface area contributed by atoms with Gasteiger partial charge >= 0.3 is 0 Å². The third-order valence-corrected chi connectivity index (χ3v) is 5.64. The first-order chi connectivity index (χ1) is 14.5. The van der Waals surface area contributed by atoms with Crippen LogP contribution in [0.3, 0.4) is 0 Å². The lowest BCUT2D eigenvalue weighted by molar-refractivity contribution is 0.366. The molecule has 0 atom stereocenters. The molecule has 3 rings (SSSR count). The molecule has 1 aliphatic heterocycles. The molecule has 2 aromatic rings. The van der Waals surface area contributed by atoms with Crippen molar-refractivity contribution >= 4 is 11.6 Å². The SMILES string of the molecule is CCNC(=NCCCc1nc(C(C)C)no1)N1CCN(c2cccc(C)c2C)CC1. The van der Waals surface area contributed by atoms with E-state index in [4.69, 9.17) is 9.52 Å². The average Bonchev–Trinajstić information content (AvgIpc) is 3.22. The van der Waals surface area contributed by atoms with Gasteiger partial charge in [0, 0.05) is 57.3 Å². The molecule has 0 saturated carbocycles. The first kappa shape index (κ1) is 22.1. The van der Waals surface area contributed by atoms with Crippen molar-refractivity contribution in [2.24, 2.45) is 4.99 Å². The molecule has 164 valence electrons. The van der Waals surface area contributed by atoms with Crippen molar-refractivity contribution in [1.82, 2.24) is 20.4 Å². The lowest BCUT2D eigenvalue weighted by atomic mass is 10.1. The Morgan fingerprint density at radius 3 is 2.63 bits per heavy atom. The fourth-order valence-electron chi connectivity index (χ4n) is 3.68. The Hall–Kier alpha value is -2.57. The second kappa shape index (κ2) is 10.5. The number of aliphatic imine (C=N–C) groups is 1. The van der Waals surface area contributed by atoms with Gasteiger partial charge in [-0.3, -0.25) is 4.99 Å². The van der Waals surface area contributed by atoms with Gasteiger partial charge in [-0.25, -0.2) is 0 Å². The van der Waals surface area contributed by atoms with E-state index in [1.807, 2.05) is 0 Å². The molecule has 30 heavy (non-hydrogen) atoms. The maximum absolute atomic E-state index is 5.33. The van der Waals surface area contributed by atoms with Gasteiger partial charge in [0.1, 0.15) is 0 Å². The van der Waals surface area contributed by atoms with Crippen LogP contribution < -0.4 is 10.2 Å². The monoisotopic (exact) mass is 412 g/mol. The molecule has 7 nitrogen and oxygen atoms in total. The number of hydrogen-bond acceptors (Lipinski definition) is 5. The summed E-state index contributed by atoms with van der Waals surface area (Å²) < 4.78 is 5.33. The molecule has 1 aromatic heterocycles. The lowest BCUT2D eigenvalue weighted by Gasteiger charge is -2.38. The molecule has 1 aliphatic rings. The van der Waals surface area contributed by atoms with Crippen molar-refractivity contribution in [3.8, 4) is 0 Å². The number of nitrogens with one attached hydrogen (secondary N) is 1. The molecule has 0 amide bonds. The van der Waals surface area contributed by atoms with E-state index in [2.05, 4.69) is 78.1 Å². The van der Waals surface area contributed by atoms with Gasteiger partial charge in [-0.1, -0.05) is 31.1 Å². The van der Waals surface area contributed by atoms with Gasteiger partial charge in [0.2, 0.25) is 5.89 Å². The van der Waals surface area contributed by atoms with E-state index in [-0.39, 0.29) is 0 Å². The van der Waals surface area contributed by atoms with E-state index in [1.54, 1.807) is 0 Å². The Morgan fingerprint density at radius 2 is 1.97 bits per heavy atom. The summed E-state index contributed by atoms with van der Waals surface area (Å²) in [5.41, 5.74) is 4.09. The molecule has 1 saturated heterocycles. The lowest BCUT2D eigenvalue weighted by Crippen LogP contribution is -2.52. The highest BCUT2D eigenvalue weighted by atomic mass is 16.5. The zero-order valence-electron chi connectivity index (χ0n) is 19.1. The van der Waals surface area contributed by atoms with Crippen LogP contribution in [-0.4, -0.2) is 60.3 Å². The highest BCUT2D eigenvalue weighted by Gasteiger charge is 2.21. The zero-order valence-corrected chi connectivity index (χ0v) is 19.1. The van der Waals surface area contributed by atoms with Crippen molar-refractivity contribution in [3.63, 3.8) is 0 Å². The molecule has 1 fully saturated rings. The van der Waals surface area contributed by atoms with Crippen molar-refractivity contribution in [2.75, 3.05) is 44.2 Å². The number of hydrogen-bond donors (Lipinski definition) is 1. The summed E-state index contributed by atoms with van der Waals surface area (Å²) in [6.07, 6.45) is 1.67. The minimum Gasteiger partial charge on any atom is -0.368 e. The van der Waals surface area contributed by atoms with Gasteiger partial charge in [0.05, 0.1) is 0 Å². The van der Waals surface area contributed by atoms with Crippen molar-refractivity contribution in [2.45, 2.75) is 53.4 Å². The van der Waals surface area contributed by atoms with Gasteiger partial charge in [-0.15, -0.1) is 0 Å². The van der Waals surface area contributed by atoms with E-state index in [0.717, 1.165) is 63.9 Å². The van der Waals surface area contributed by atoms with Crippen molar-refractivity contribution in [1.29, 1.82) is 0 Å². The molecule has 0 bridgehead atoms. The van der Waals surface area contributed by atoms with E-state index in [0.29, 0.717) is 11.8 Å². The molecule has 0 aliphatic carbocycles. The number of piperazine rings is 1. The Morgan fingerprint density at radius 1 is 1.20 bits per heavy atom. The van der Waals surface area contributed by atoms with E-state index in [9.17, 15) is 0 Å². The standard InChI is InChI=1S/C23H36N6O/c1-6-24-23(25-12-8-11-21-26-22(17(2)3)27-30-21)29-15-13-28(14-16-29)20-10-7-9-18(4)19(20)5/h7,9-10,17H,6,8,11-16H2,1-5H3,(H,24,25). The van der Waals surface area contributed by atoms with Crippen LogP contribution in [0.4, 0.5) is 5.69 Å². The minimum absolute atomic E-state index is 0.295. The van der Waals surface area contributed by atoms with Gasteiger partial charge in [0.25, 0.3) is 0 Å². The van der Waals surface area contributed by atoms with Crippen LogP contribution in [-0.2, 0) is 6.42 Å². The molecule has 0 unspecified atom stereocenters. The predicted octanol–water partition coefficient (Wildman–Crippen LogP) is 3.53. The van der Waals surface area contributed by atoms with Crippen LogP contribution in [0.2, 0.25) is 0 Å². The molecule has 0 spiro atoms. The zero-order chi connectivity index (χ0) is 21.5. The number of aryl methyl sites for hydroxylation is 2. The second-order valence-electron chi connectivity index (χ2n) is 8.23. The summed E-state index contributed by atoms with van der Waals surface area (Å²) >= 11 is 0. The van der Waals surface area contributed by atoms with E-state index in [1.165, 1.54) is 16.8 Å². The summed E-state index contributed by atoms with van der Waals surface area (Å²) in [7, 11) is 0. The number of rotatable bonds is 7. The first-order valence-corrected chi connectivity index (χ1v) is 11.2. The Kier molecular flexibility index (Phi) is 7.71. The number of nitrogens with zero attached hydrogens (tertiary/aromatic N) is 5. The van der Waals surface area contributed by atoms with E-state index >= 15 is 0 Å². The second-order valence-corrected chi connectivity index (χ2v) is 8.23. The third kappa shape index (κ3) is 5.52. The average molecular weight is 413 g/mol. The van der Waals surface area contributed by atoms with Crippen LogP contribution in [0.1, 0.15) is 56.0 Å². The molecular formula is C23H36N6O. The number of guanidine groups is 1. The van der Waals surface area contributed by atoms with E-state index < -0.39 is 0 Å². The quantitative estimate of drug-likeness (QED) is 0.426. The Labute approximate surface area is 180 Å². The highest BCUT2D eigenvalue weighted by Crippen LogP contribution is 2.23. The molecule has 1 aromatic carbocycles. The fraction of sp³-hybridized carbons (Fsp3) is 0.609. The topological polar surface area (TPSA) is 69.8 Å². The molecule has 2 heterocycles. The van der Waals surface area contributed by atoms with Gasteiger partial charge in [-0.2, -0.15) is 4.98 Å². The summed E-state index contributed by atoms with van der Waals surface area (Å²) in [6.45, 7) is 16.2. The van der Waals surface area contributed by atoms with Gasteiger partial charge in [0.15, 0.2) is 11.8 Å². The highest BCUT2D eigenvalue weighted by molar-refractivity contribution is 5.80. The molecule has 7 heteroatoms. The van der Waals surface area contributed by atoms with Crippen LogP contribution in [0.15, 0.2) is 27.7 Å². The summed E-state index contributed by atoms with van der Waals surface area (Å²) in [4.78, 5) is 14.2. The smallest absolute Gasteiger partial charge is 0.226 e.